The summed E-state index contributed by atoms with van der Waals surface area (Å²) < 4.78 is 0. The number of H-pyrrole nitrogens is 1. The average molecular weight is 548 g/mol. The molecule has 1 heterocycles. The summed E-state index contributed by atoms with van der Waals surface area (Å²) in [5.41, 5.74) is 18.2. The van der Waals surface area contributed by atoms with E-state index in [0.29, 0.717) is 31.4 Å². The zero-order valence-electron chi connectivity index (χ0n) is 21.7. The molecule has 2 aromatic rings. The van der Waals surface area contributed by atoms with Crippen LogP contribution in [0.3, 0.4) is 0 Å². The van der Waals surface area contributed by atoms with Crippen LogP contribution in [0.25, 0.3) is 10.9 Å². The highest BCUT2D eigenvalue weighted by Gasteiger charge is 2.33. The van der Waals surface area contributed by atoms with E-state index in [1.807, 2.05) is 24.3 Å². The lowest BCUT2D eigenvalue weighted by molar-refractivity contribution is -0.145. The van der Waals surface area contributed by atoms with Crippen molar-refractivity contribution in [3.63, 3.8) is 0 Å². The number of carboxylic acid groups (broad SMARTS) is 1. The smallest absolute Gasteiger partial charge is 0.328 e. The first-order valence-corrected chi connectivity index (χ1v) is 12.6. The van der Waals surface area contributed by atoms with Gasteiger partial charge in [0, 0.05) is 23.5 Å². The molecule has 0 bridgehead atoms. The number of nitrogens with two attached hydrogens (primary N) is 3. The van der Waals surface area contributed by atoms with E-state index < -0.39 is 66.3 Å². The number of aliphatic carboxylic acids is 1. The summed E-state index contributed by atoms with van der Waals surface area (Å²) in [7, 11) is 0. The minimum atomic E-state index is -1.70. The fraction of sp³-hybridized carbons (Fsp3) is 0.480. The molecule has 214 valence electrons. The van der Waals surface area contributed by atoms with Crippen LogP contribution in [0, 0.1) is 0 Å². The SMILES string of the molecule is CC(O)C(NC(=O)C(CC(N)=O)NC(=O)C(Cc1c[nH]c2ccccc12)NC(=O)C(N)CCCCN)C(=O)O. The van der Waals surface area contributed by atoms with Crippen LogP contribution in [0.15, 0.2) is 30.5 Å². The second-order valence-corrected chi connectivity index (χ2v) is 9.31. The van der Waals surface area contributed by atoms with Crippen LogP contribution >= 0.6 is 0 Å². The van der Waals surface area contributed by atoms with Crippen molar-refractivity contribution in [3.8, 4) is 0 Å². The van der Waals surface area contributed by atoms with Gasteiger partial charge < -0.3 is 48.3 Å². The Balaban J connectivity index is 2.29. The second kappa shape index (κ2) is 14.8. The molecule has 0 fully saturated rings. The number of aliphatic hydroxyl groups excluding tert-OH is 1. The van der Waals surface area contributed by atoms with Crippen LogP contribution in [-0.2, 0) is 30.4 Å². The number of para-hydroxylation sites is 1. The highest BCUT2D eigenvalue weighted by molar-refractivity contribution is 5.96. The number of fused-ring (bicyclic) bond motifs is 1. The standard InChI is InChI=1S/C25H37N7O7/c1-13(33)21(25(38)39)32-24(37)19(11-20(28)34)31-23(36)18(30-22(35)16(27)7-4-5-9-26)10-14-12-29-17-8-3-2-6-15(14)17/h2-3,6,8,12-13,16,18-19,21,29,33H,4-5,7,9-11,26-27H2,1H3,(H2,28,34)(H,30,35)(H,31,36)(H,32,37)(H,38,39). The van der Waals surface area contributed by atoms with Crippen LogP contribution in [-0.4, -0.2) is 81.6 Å². The molecule has 2 rings (SSSR count). The number of rotatable bonds is 16. The van der Waals surface area contributed by atoms with E-state index >= 15 is 0 Å². The summed E-state index contributed by atoms with van der Waals surface area (Å²) in [5, 5.41) is 26.8. The Labute approximate surface area is 225 Å². The predicted octanol–water partition coefficient (Wildman–Crippen LogP) is -2.04. The van der Waals surface area contributed by atoms with Gasteiger partial charge in [-0.1, -0.05) is 24.6 Å². The second-order valence-electron chi connectivity index (χ2n) is 9.31. The number of unbranched alkanes of at least 4 members (excludes halogenated alkanes) is 1. The summed E-state index contributed by atoms with van der Waals surface area (Å²) in [6, 6.07) is 1.92. The van der Waals surface area contributed by atoms with Gasteiger partial charge in [0.05, 0.1) is 18.6 Å². The average Bonchev–Trinajstić information content (AvgIpc) is 3.28. The van der Waals surface area contributed by atoms with E-state index in [2.05, 4.69) is 20.9 Å². The third kappa shape index (κ3) is 9.35. The van der Waals surface area contributed by atoms with Gasteiger partial charge in [-0.2, -0.15) is 0 Å². The first-order chi connectivity index (χ1) is 18.4. The van der Waals surface area contributed by atoms with Crippen molar-refractivity contribution in [2.45, 2.75) is 69.3 Å². The van der Waals surface area contributed by atoms with Crippen molar-refractivity contribution < 1.29 is 34.2 Å². The Morgan fingerprint density at radius 1 is 0.974 bits per heavy atom. The molecule has 14 heteroatoms. The Morgan fingerprint density at radius 2 is 1.62 bits per heavy atom. The van der Waals surface area contributed by atoms with Crippen molar-refractivity contribution >= 4 is 40.5 Å². The first kappa shape index (κ1) is 31.2. The number of carbonyl (C=O) groups is 5. The van der Waals surface area contributed by atoms with Crippen molar-refractivity contribution in [2.75, 3.05) is 6.54 Å². The van der Waals surface area contributed by atoms with Crippen LogP contribution in [0.5, 0.6) is 0 Å². The molecule has 1 aromatic carbocycles. The molecule has 0 saturated carbocycles. The lowest BCUT2D eigenvalue weighted by Crippen LogP contribution is -2.59. The maximum Gasteiger partial charge on any atom is 0.328 e. The van der Waals surface area contributed by atoms with Crippen molar-refractivity contribution in [1.82, 2.24) is 20.9 Å². The maximum atomic E-state index is 13.4. The van der Waals surface area contributed by atoms with Crippen molar-refractivity contribution in [1.29, 1.82) is 0 Å². The number of aromatic amines is 1. The Bertz CT molecular complexity index is 1170. The summed E-state index contributed by atoms with van der Waals surface area (Å²) >= 11 is 0. The predicted molar refractivity (Wildman–Crippen MR) is 142 cm³/mol. The molecule has 5 atom stereocenters. The molecule has 0 radical (unpaired) electrons. The minimum absolute atomic E-state index is 0.00738. The Morgan fingerprint density at radius 3 is 2.23 bits per heavy atom. The number of amides is 4. The molecular weight excluding hydrogens is 510 g/mol. The van der Waals surface area contributed by atoms with E-state index in [1.54, 1.807) is 6.20 Å². The van der Waals surface area contributed by atoms with Crippen LogP contribution < -0.4 is 33.2 Å². The highest BCUT2D eigenvalue weighted by atomic mass is 16.4. The van der Waals surface area contributed by atoms with Gasteiger partial charge >= 0.3 is 5.97 Å². The largest absolute Gasteiger partial charge is 0.480 e. The third-order valence-electron chi connectivity index (χ3n) is 6.12. The Kier molecular flexibility index (Phi) is 11.8. The number of hydrogen-bond acceptors (Lipinski definition) is 8. The fourth-order valence-electron chi connectivity index (χ4n) is 3.97. The van der Waals surface area contributed by atoms with Gasteiger partial charge in [-0.3, -0.25) is 19.2 Å². The molecule has 0 saturated heterocycles. The molecule has 0 aliphatic rings. The van der Waals surface area contributed by atoms with Gasteiger partial charge in [0.25, 0.3) is 0 Å². The molecule has 14 nitrogen and oxygen atoms in total. The topological polar surface area (TPSA) is 256 Å². The molecule has 5 unspecified atom stereocenters. The number of primary amides is 1. The monoisotopic (exact) mass is 547 g/mol. The number of carboxylic acids is 1. The maximum absolute atomic E-state index is 13.4. The molecule has 0 aliphatic carbocycles. The molecule has 4 amide bonds. The van der Waals surface area contributed by atoms with Gasteiger partial charge in [0.1, 0.15) is 12.1 Å². The summed E-state index contributed by atoms with van der Waals surface area (Å²) in [6.45, 7) is 1.60. The van der Waals surface area contributed by atoms with Gasteiger partial charge in [-0.15, -0.1) is 0 Å². The van der Waals surface area contributed by atoms with E-state index in [-0.39, 0.29) is 6.42 Å². The van der Waals surface area contributed by atoms with Gasteiger partial charge in [0.2, 0.25) is 23.6 Å². The molecule has 1 aromatic heterocycles. The number of benzene rings is 1. The minimum Gasteiger partial charge on any atom is -0.480 e. The molecule has 0 spiro atoms. The zero-order chi connectivity index (χ0) is 29.1. The fourth-order valence-corrected chi connectivity index (χ4v) is 3.97. The van der Waals surface area contributed by atoms with E-state index in [4.69, 9.17) is 17.2 Å². The molecule has 0 aliphatic heterocycles. The van der Waals surface area contributed by atoms with E-state index in [9.17, 15) is 34.2 Å². The Hall–Kier alpha value is -4.01. The van der Waals surface area contributed by atoms with Gasteiger partial charge in [-0.05, 0) is 37.9 Å². The van der Waals surface area contributed by atoms with Crippen molar-refractivity contribution in [2.24, 2.45) is 17.2 Å². The van der Waals surface area contributed by atoms with Crippen LogP contribution in [0.2, 0.25) is 0 Å². The molecule has 12 N–H and O–H groups in total. The summed E-state index contributed by atoms with van der Waals surface area (Å²) in [4.78, 5) is 65.1. The van der Waals surface area contributed by atoms with Gasteiger partial charge in [0.15, 0.2) is 6.04 Å². The van der Waals surface area contributed by atoms with Gasteiger partial charge in [-0.25, -0.2) is 4.79 Å². The first-order valence-electron chi connectivity index (χ1n) is 12.6. The number of carbonyl (C=O) groups excluding carboxylic acids is 4. The molecule has 39 heavy (non-hydrogen) atoms. The van der Waals surface area contributed by atoms with E-state index in [0.717, 1.165) is 17.8 Å². The van der Waals surface area contributed by atoms with E-state index in [1.165, 1.54) is 0 Å². The summed E-state index contributed by atoms with van der Waals surface area (Å²) in [6.07, 6.45) is 1.20. The number of nitrogens with one attached hydrogen (secondary N) is 4. The lowest BCUT2D eigenvalue weighted by Gasteiger charge is -2.25. The van der Waals surface area contributed by atoms with Crippen LogP contribution in [0.4, 0.5) is 0 Å². The third-order valence-corrected chi connectivity index (χ3v) is 6.12. The lowest BCUT2D eigenvalue weighted by atomic mass is 10.0. The summed E-state index contributed by atoms with van der Waals surface area (Å²) in [5.74, 6) is -4.93. The normalized spacial score (nSPS) is 15.0. The highest BCUT2D eigenvalue weighted by Crippen LogP contribution is 2.19. The molecular formula is C25H37N7O7. The zero-order valence-corrected chi connectivity index (χ0v) is 21.7. The van der Waals surface area contributed by atoms with Crippen LogP contribution in [0.1, 0.15) is 38.2 Å². The number of hydrogen-bond donors (Lipinski definition) is 9. The number of aliphatic hydroxyl groups is 1. The number of aromatic nitrogens is 1. The quantitative estimate of drug-likeness (QED) is 0.105. The van der Waals surface area contributed by atoms with Crippen molar-refractivity contribution in [3.05, 3.63) is 36.0 Å².